The van der Waals surface area contributed by atoms with Gasteiger partial charge in [0.1, 0.15) is 18.3 Å². The monoisotopic (exact) mass is 271 g/mol. The van der Waals surface area contributed by atoms with Gasteiger partial charge in [-0.05, 0) is 19.1 Å². The van der Waals surface area contributed by atoms with Crippen LogP contribution in [0.1, 0.15) is 12.5 Å². The van der Waals surface area contributed by atoms with Gasteiger partial charge in [0.15, 0.2) is 0 Å². The Bertz CT molecular complexity index is 511. The van der Waals surface area contributed by atoms with Crippen LogP contribution in [0.3, 0.4) is 0 Å². The van der Waals surface area contributed by atoms with Crippen molar-refractivity contribution in [2.24, 2.45) is 0 Å². The maximum Gasteiger partial charge on any atom is 0.137 e. The van der Waals surface area contributed by atoms with Gasteiger partial charge in [-0.1, -0.05) is 29.3 Å². The number of aromatic nitrogens is 3. The molecule has 0 saturated heterocycles. The summed E-state index contributed by atoms with van der Waals surface area (Å²) in [6.07, 6.45) is 2.96. The lowest BCUT2D eigenvalue weighted by Gasteiger charge is -2.24. The van der Waals surface area contributed by atoms with Crippen molar-refractivity contribution in [2.75, 3.05) is 0 Å². The van der Waals surface area contributed by atoms with Gasteiger partial charge in [-0.25, -0.2) is 9.67 Å². The first-order chi connectivity index (χ1) is 7.99. The van der Waals surface area contributed by atoms with Gasteiger partial charge < -0.3 is 5.11 Å². The van der Waals surface area contributed by atoms with Crippen LogP contribution in [-0.2, 0) is 12.1 Å². The van der Waals surface area contributed by atoms with Crippen LogP contribution in [-0.4, -0.2) is 19.9 Å². The quantitative estimate of drug-likeness (QED) is 0.933. The van der Waals surface area contributed by atoms with Crippen LogP contribution in [0.15, 0.2) is 30.9 Å². The van der Waals surface area contributed by atoms with Crippen LogP contribution in [0.25, 0.3) is 0 Å². The second-order valence-electron chi connectivity index (χ2n) is 3.99. The number of aliphatic hydroxyl groups is 1. The van der Waals surface area contributed by atoms with Crippen LogP contribution in [0.5, 0.6) is 0 Å². The lowest BCUT2D eigenvalue weighted by Crippen LogP contribution is -2.28. The smallest absolute Gasteiger partial charge is 0.137 e. The molecule has 90 valence electrons. The summed E-state index contributed by atoms with van der Waals surface area (Å²) >= 11 is 11.9. The molecule has 1 aromatic heterocycles. The van der Waals surface area contributed by atoms with Gasteiger partial charge in [0.25, 0.3) is 0 Å². The molecule has 0 aliphatic rings. The highest BCUT2D eigenvalue weighted by molar-refractivity contribution is 6.35. The lowest BCUT2D eigenvalue weighted by molar-refractivity contribution is 0.0346. The van der Waals surface area contributed by atoms with E-state index in [1.165, 1.54) is 12.7 Å². The van der Waals surface area contributed by atoms with E-state index in [9.17, 15) is 5.11 Å². The van der Waals surface area contributed by atoms with Crippen molar-refractivity contribution in [3.8, 4) is 0 Å². The highest BCUT2D eigenvalue weighted by atomic mass is 35.5. The predicted molar refractivity (Wildman–Crippen MR) is 66.1 cm³/mol. The van der Waals surface area contributed by atoms with Crippen molar-refractivity contribution < 1.29 is 5.11 Å². The van der Waals surface area contributed by atoms with Crippen molar-refractivity contribution in [3.05, 3.63) is 46.5 Å². The highest BCUT2D eigenvalue weighted by Gasteiger charge is 2.26. The van der Waals surface area contributed by atoms with E-state index in [0.717, 1.165) is 0 Å². The molecule has 0 radical (unpaired) electrons. The summed E-state index contributed by atoms with van der Waals surface area (Å²) in [4.78, 5) is 3.82. The van der Waals surface area contributed by atoms with Crippen molar-refractivity contribution in [1.82, 2.24) is 14.8 Å². The van der Waals surface area contributed by atoms with Crippen LogP contribution < -0.4 is 0 Å². The third kappa shape index (κ3) is 2.77. The Kier molecular flexibility index (Phi) is 3.38. The number of benzene rings is 1. The zero-order valence-corrected chi connectivity index (χ0v) is 10.7. The third-order valence-electron chi connectivity index (χ3n) is 2.45. The van der Waals surface area contributed by atoms with Crippen molar-refractivity contribution in [2.45, 2.75) is 19.1 Å². The van der Waals surface area contributed by atoms with Crippen LogP contribution in [0.4, 0.5) is 0 Å². The molecule has 17 heavy (non-hydrogen) atoms. The fraction of sp³-hybridized carbons (Fsp3) is 0.273. The van der Waals surface area contributed by atoms with E-state index in [4.69, 9.17) is 23.2 Å². The Balaban J connectivity index is 2.30. The minimum Gasteiger partial charge on any atom is -0.383 e. The molecule has 0 amide bonds. The molecule has 2 aromatic rings. The molecule has 0 aliphatic carbocycles. The third-order valence-corrected chi connectivity index (χ3v) is 3.00. The number of rotatable bonds is 3. The van der Waals surface area contributed by atoms with E-state index < -0.39 is 5.60 Å². The van der Waals surface area contributed by atoms with Gasteiger partial charge in [-0.15, -0.1) is 0 Å². The van der Waals surface area contributed by atoms with E-state index in [0.29, 0.717) is 15.6 Å². The maximum atomic E-state index is 10.4. The van der Waals surface area contributed by atoms with Crippen LogP contribution in [0, 0.1) is 0 Å². The molecule has 0 spiro atoms. The molecule has 0 fully saturated rings. The van der Waals surface area contributed by atoms with E-state index in [2.05, 4.69) is 10.1 Å². The van der Waals surface area contributed by atoms with Crippen LogP contribution >= 0.6 is 23.2 Å². The molecule has 2 rings (SSSR count). The number of hydrogen-bond acceptors (Lipinski definition) is 3. The molecule has 0 bridgehead atoms. The fourth-order valence-electron chi connectivity index (χ4n) is 1.64. The number of halogens is 2. The summed E-state index contributed by atoms with van der Waals surface area (Å²) < 4.78 is 1.55. The Labute approximate surface area is 109 Å². The summed E-state index contributed by atoms with van der Waals surface area (Å²) in [5, 5.41) is 15.3. The van der Waals surface area contributed by atoms with Crippen LogP contribution in [0.2, 0.25) is 10.0 Å². The van der Waals surface area contributed by atoms with E-state index in [1.54, 1.807) is 29.8 Å². The summed E-state index contributed by atoms with van der Waals surface area (Å²) in [7, 11) is 0. The molecular weight excluding hydrogens is 261 g/mol. The Morgan fingerprint density at radius 3 is 2.76 bits per heavy atom. The van der Waals surface area contributed by atoms with Crippen molar-refractivity contribution in [3.63, 3.8) is 0 Å². The van der Waals surface area contributed by atoms with Gasteiger partial charge in [0.2, 0.25) is 0 Å². The largest absolute Gasteiger partial charge is 0.383 e. The average molecular weight is 272 g/mol. The molecule has 1 N–H and O–H groups in total. The normalized spacial score (nSPS) is 14.6. The SMILES string of the molecule is CC(O)(Cn1cncn1)c1ccc(Cl)cc1Cl. The first-order valence-electron chi connectivity index (χ1n) is 4.99. The highest BCUT2D eigenvalue weighted by Crippen LogP contribution is 2.31. The lowest BCUT2D eigenvalue weighted by atomic mass is 9.96. The maximum absolute atomic E-state index is 10.4. The zero-order valence-electron chi connectivity index (χ0n) is 9.14. The van der Waals surface area contributed by atoms with E-state index in [1.807, 2.05) is 0 Å². The number of hydrogen-bond donors (Lipinski definition) is 1. The Morgan fingerprint density at radius 1 is 1.41 bits per heavy atom. The van der Waals surface area contributed by atoms with Gasteiger partial charge in [-0.2, -0.15) is 5.10 Å². The summed E-state index contributed by atoms with van der Waals surface area (Å²) in [5.41, 5.74) is -0.519. The molecule has 0 saturated carbocycles. The van der Waals surface area contributed by atoms with Gasteiger partial charge in [0, 0.05) is 15.6 Å². The standard InChI is InChI=1S/C11H11Cl2N3O/c1-11(17,5-16-7-14-6-15-16)9-3-2-8(12)4-10(9)13/h2-4,6-7,17H,5H2,1H3. The second-order valence-corrected chi connectivity index (χ2v) is 4.83. The summed E-state index contributed by atoms with van der Waals surface area (Å²) in [6, 6.07) is 5.01. The van der Waals surface area contributed by atoms with Gasteiger partial charge in [-0.3, -0.25) is 0 Å². The average Bonchev–Trinajstić information content (AvgIpc) is 2.68. The zero-order chi connectivity index (χ0) is 12.5. The Morgan fingerprint density at radius 2 is 2.18 bits per heavy atom. The van der Waals surface area contributed by atoms with Crippen molar-refractivity contribution in [1.29, 1.82) is 0 Å². The van der Waals surface area contributed by atoms with E-state index in [-0.39, 0.29) is 6.54 Å². The van der Waals surface area contributed by atoms with Gasteiger partial charge in [0.05, 0.1) is 6.54 Å². The second kappa shape index (κ2) is 4.64. The Hall–Kier alpha value is -1.10. The van der Waals surface area contributed by atoms with Gasteiger partial charge >= 0.3 is 0 Å². The topological polar surface area (TPSA) is 50.9 Å². The molecule has 4 nitrogen and oxygen atoms in total. The molecule has 1 unspecified atom stereocenters. The molecule has 1 atom stereocenters. The molecule has 1 heterocycles. The molecule has 6 heteroatoms. The summed E-state index contributed by atoms with van der Waals surface area (Å²) in [5.74, 6) is 0. The minimum absolute atomic E-state index is 0.272. The predicted octanol–water partition coefficient (Wildman–Crippen LogP) is 2.49. The minimum atomic E-state index is -1.13. The first kappa shape index (κ1) is 12.4. The molecule has 0 aliphatic heterocycles. The van der Waals surface area contributed by atoms with E-state index >= 15 is 0 Å². The summed E-state index contributed by atoms with van der Waals surface area (Å²) in [6.45, 7) is 1.94. The fourth-order valence-corrected chi connectivity index (χ4v) is 2.25. The van der Waals surface area contributed by atoms with Crippen molar-refractivity contribution >= 4 is 23.2 Å². The number of nitrogens with zero attached hydrogens (tertiary/aromatic N) is 3. The molecule has 1 aromatic carbocycles. The molecular formula is C11H11Cl2N3O. The first-order valence-corrected chi connectivity index (χ1v) is 5.75.